The number of carbonyl (C=O) groups excluding carboxylic acids is 2. The molecule has 0 spiro atoms. The Morgan fingerprint density at radius 3 is 2.19 bits per heavy atom. The number of aromatic amines is 1. The molecule has 43 heavy (non-hydrogen) atoms. The zero-order valence-corrected chi connectivity index (χ0v) is 25.1. The fraction of sp³-hybridized carbons (Fsp3) is 0.353. The van der Waals surface area contributed by atoms with Crippen LogP contribution in [0.2, 0.25) is 0 Å². The molecular weight excluding hydrogens is 546 g/mol. The van der Waals surface area contributed by atoms with Crippen molar-refractivity contribution in [2.45, 2.75) is 50.6 Å². The number of hydrogen-bond donors (Lipinski definition) is 2. The van der Waals surface area contributed by atoms with E-state index in [4.69, 9.17) is 18.9 Å². The van der Waals surface area contributed by atoms with E-state index in [-0.39, 0.29) is 24.3 Å². The van der Waals surface area contributed by atoms with Gasteiger partial charge in [0.05, 0.1) is 34.9 Å². The lowest BCUT2D eigenvalue weighted by molar-refractivity contribution is -0.127. The third kappa shape index (κ3) is 6.40. The molecule has 1 aromatic heterocycles. The van der Waals surface area contributed by atoms with Crippen LogP contribution in [0.25, 0.3) is 10.9 Å². The van der Waals surface area contributed by atoms with Crippen LogP contribution in [0.15, 0.2) is 66.9 Å². The lowest BCUT2D eigenvalue weighted by atomic mass is 9.94. The van der Waals surface area contributed by atoms with E-state index in [1.54, 1.807) is 69.7 Å². The second-order valence-corrected chi connectivity index (χ2v) is 10.7. The number of hydrogen-bond acceptors (Lipinski definition) is 6. The van der Waals surface area contributed by atoms with Gasteiger partial charge in [-0.25, -0.2) is 0 Å². The van der Waals surface area contributed by atoms with Crippen molar-refractivity contribution in [3.05, 3.63) is 78.0 Å². The fourth-order valence-corrected chi connectivity index (χ4v) is 5.91. The van der Waals surface area contributed by atoms with E-state index >= 15 is 0 Å². The maximum atomic E-state index is 14.5. The van der Waals surface area contributed by atoms with Gasteiger partial charge in [-0.15, -0.1) is 0 Å². The molecule has 1 unspecified atom stereocenters. The second-order valence-electron chi connectivity index (χ2n) is 10.7. The highest BCUT2D eigenvalue weighted by molar-refractivity contribution is 6.03. The summed E-state index contributed by atoms with van der Waals surface area (Å²) in [6, 6.07) is 17.5. The Kier molecular flexibility index (Phi) is 9.39. The third-order valence-electron chi connectivity index (χ3n) is 8.11. The van der Waals surface area contributed by atoms with Crippen LogP contribution >= 0.6 is 0 Å². The molecule has 9 heteroatoms. The molecule has 1 atom stereocenters. The number of ether oxygens (including phenoxy) is 4. The van der Waals surface area contributed by atoms with Crippen molar-refractivity contribution < 1.29 is 28.5 Å². The molecule has 0 radical (unpaired) electrons. The number of anilines is 1. The van der Waals surface area contributed by atoms with Crippen molar-refractivity contribution >= 4 is 28.4 Å². The first-order valence-corrected chi connectivity index (χ1v) is 14.6. The van der Waals surface area contributed by atoms with Gasteiger partial charge in [0.25, 0.3) is 0 Å². The van der Waals surface area contributed by atoms with Gasteiger partial charge in [0.1, 0.15) is 6.04 Å². The molecule has 1 heterocycles. The Hall–Kier alpha value is -4.66. The summed E-state index contributed by atoms with van der Waals surface area (Å²) < 4.78 is 22.1. The number of nitrogens with one attached hydrogen (secondary N) is 2. The van der Waals surface area contributed by atoms with Crippen LogP contribution < -0.4 is 29.2 Å². The predicted octanol–water partition coefficient (Wildman–Crippen LogP) is 5.97. The lowest BCUT2D eigenvalue weighted by Gasteiger charge is -2.34. The Morgan fingerprint density at radius 1 is 0.837 bits per heavy atom. The predicted molar refractivity (Wildman–Crippen MR) is 166 cm³/mol. The van der Waals surface area contributed by atoms with E-state index in [0.717, 1.165) is 48.6 Å². The van der Waals surface area contributed by atoms with Gasteiger partial charge in [-0.05, 0) is 54.3 Å². The van der Waals surface area contributed by atoms with Gasteiger partial charge in [0.2, 0.25) is 11.8 Å². The number of nitrogens with zero attached hydrogens (tertiary/aromatic N) is 1. The highest BCUT2D eigenvalue weighted by atomic mass is 16.5. The summed E-state index contributed by atoms with van der Waals surface area (Å²) >= 11 is 0. The summed E-state index contributed by atoms with van der Waals surface area (Å²) in [6.07, 6.45) is 7.01. The smallest absolute Gasteiger partial charge is 0.248 e. The number of para-hydroxylation sites is 1. The molecule has 1 aliphatic rings. The van der Waals surface area contributed by atoms with Gasteiger partial charge in [-0.2, -0.15) is 0 Å². The van der Waals surface area contributed by atoms with E-state index in [0.29, 0.717) is 34.2 Å². The van der Waals surface area contributed by atoms with Crippen molar-refractivity contribution in [1.29, 1.82) is 0 Å². The number of rotatable bonds is 11. The van der Waals surface area contributed by atoms with Crippen LogP contribution in [0.1, 0.15) is 49.3 Å². The normalized spacial score (nSPS) is 14.1. The zero-order valence-electron chi connectivity index (χ0n) is 25.1. The van der Waals surface area contributed by atoms with Gasteiger partial charge >= 0.3 is 0 Å². The van der Waals surface area contributed by atoms with Gasteiger partial charge in [0, 0.05) is 34.9 Å². The molecule has 1 fully saturated rings. The van der Waals surface area contributed by atoms with E-state index < -0.39 is 6.04 Å². The maximum Gasteiger partial charge on any atom is 0.248 e. The highest BCUT2D eigenvalue weighted by Gasteiger charge is 2.35. The molecule has 0 saturated heterocycles. The van der Waals surface area contributed by atoms with Crippen LogP contribution in [-0.2, 0) is 16.0 Å². The first-order valence-electron chi connectivity index (χ1n) is 14.6. The minimum atomic E-state index is -1.00. The summed E-state index contributed by atoms with van der Waals surface area (Å²) in [5.41, 5.74) is 2.87. The van der Waals surface area contributed by atoms with E-state index in [1.165, 1.54) is 0 Å². The maximum absolute atomic E-state index is 14.5. The first kappa shape index (κ1) is 29.8. The molecule has 3 aromatic carbocycles. The SMILES string of the molecule is COc1ccc(C(C(=O)NC2CCCCC2)N(C(=O)Cc2c[nH]c3ccccc23)c2ccc(OC)c(OC)c2)cc1OC. The summed E-state index contributed by atoms with van der Waals surface area (Å²) in [4.78, 5) is 33.7. The summed E-state index contributed by atoms with van der Waals surface area (Å²) in [7, 11) is 6.21. The molecule has 2 amide bonds. The van der Waals surface area contributed by atoms with Gasteiger partial charge in [0.15, 0.2) is 23.0 Å². The summed E-state index contributed by atoms with van der Waals surface area (Å²) in [5.74, 6) is 1.44. The minimum absolute atomic E-state index is 0.0415. The van der Waals surface area contributed by atoms with Gasteiger partial charge < -0.3 is 29.2 Å². The molecule has 4 aromatic rings. The number of benzene rings is 3. The standard InChI is InChI=1S/C34H39N3O6/c1-40-28-16-14-22(18-30(28)42-3)33(34(39)36-24-10-6-5-7-11-24)37(25-15-17-29(41-2)31(20-25)43-4)32(38)19-23-21-35-27-13-9-8-12-26(23)27/h8-9,12-18,20-21,24,33,35H,5-7,10-11,19H2,1-4H3,(H,36,39). The number of fused-ring (bicyclic) bond motifs is 1. The average Bonchev–Trinajstić information content (AvgIpc) is 3.45. The second kappa shape index (κ2) is 13.5. The molecule has 1 aliphatic carbocycles. The van der Waals surface area contributed by atoms with Crippen LogP contribution in [0.3, 0.4) is 0 Å². The van der Waals surface area contributed by atoms with Gasteiger partial charge in [-0.1, -0.05) is 43.5 Å². The van der Waals surface area contributed by atoms with Crippen molar-refractivity contribution in [3.8, 4) is 23.0 Å². The highest BCUT2D eigenvalue weighted by Crippen LogP contribution is 2.38. The number of H-pyrrole nitrogens is 1. The molecule has 5 rings (SSSR count). The Balaban J connectivity index is 1.64. The molecule has 0 bridgehead atoms. The van der Waals surface area contributed by atoms with E-state index in [2.05, 4.69) is 10.3 Å². The number of aromatic nitrogens is 1. The minimum Gasteiger partial charge on any atom is -0.493 e. The van der Waals surface area contributed by atoms with E-state index in [1.807, 2.05) is 30.5 Å². The summed E-state index contributed by atoms with van der Waals surface area (Å²) in [6.45, 7) is 0. The van der Waals surface area contributed by atoms with Crippen molar-refractivity contribution in [3.63, 3.8) is 0 Å². The Bertz CT molecular complexity index is 1580. The van der Waals surface area contributed by atoms with Crippen molar-refractivity contribution in [1.82, 2.24) is 10.3 Å². The van der Waals surface area contributed by atoms with Crippen molar-refractivity contribution in [2.24, 2.45) is 0 Å². The molecule has 226 valence electrons. The van der Waals surface area contributed by atoms with Crippen LogP contribution in [0.4, 0.5) is 5.69 Å². The van der Waals surface area contributed by atoms with E-state index in [9.17, 15) is 9.59 Å². The summed E-state index contributed by atoms with van der Waals surface area (Å²) in [5, 5.41) is 4.22. The Morgan fingerprint density at radius 2 is 1.49 bits per heavy atom. The monoisotopic (exact) mass is 585 g/mol. The molecule has 1 saturated carbocycles. The van der Waals surface area contributed by atoms with Crippen LogP contribution in [0, 0.1) is 0 Å². The zero-order chi connectivity index (χ0) is 30.3. The molecular formula is C34H39N3O6. The first-order chi connectivity index (χ1) is 21.0. The van der Waals surface area contributed by atoms with Gasteiger partial charge in [-0.3, -0.25) is 14.5 Å². The quantitative estimate of drug-likeness (QED) is 0.225. The Labute approximate surface area is 252 Å². The van der Waals surface area contributed by atoms with Crippen LogP contribution in [0.5, 0.6) is 23.0 Å². The number of amides is 2. The van der Waals surface area contributed by atoms with Crippen LogP contribution in [-0.4, -0.2) is 51.3 Å². The largest absolute Gasteiger partial charge is 0.493 e. The average molecular weight is 586 g/mol. The lowest BCUT2D eigenvalue weighted by Crippen LogP contribution is -2.47. The topological polar surface area (TPSA) is 102 Å². The number of carbonyl (C=O) groups is 2. The van der Waals surface area contributed by atoms with Crippen molar-refractivity contribution in [2.75, 3.05) is 33.3 Å². The molecule has 9 nitrogen and oxygen atoms in total. The molecule has 2 N–H and O–H groups in total. The molecule has 0 aliphatic heterocycles. The number of methoxy groups -OCH3 is 4. The fourth-order valence-electron chi connectivity index (χ4n) is 5.91. The third-order valence-corrected chi connectivity index (χ3v) is 8.11.